The van der Waals surface area contributed by atoms with E-state index in [-0.39, 0.29) is 22.7 Å². The van der Waals surface area contributed by atoms with Crippen LogP contribution in [0.4, 0.5) is 0 Å². The van der Waals surface area contributed by atoms with Gasteiger partial charge >= 0.3 is 0 Å². The highest BCUT2D eigenvalue weighted by Crippen LogP contribution is 2.48. The molecule has 2 aliphatic rings. The second-order valence-corrected chi connectivity index (χ2v) is 7.04. The van der Waals surface area contributed by atoms with Crippen LogP contribution in [0.25, 0.3) is 0 Å². The third-order valence-corrected chi connectivity index (χ3v) is 4.53. The third kappa shape index (κ3) is 2.33. The second kappa shape index (κ2) is 4.98. The summed E-state index contributed by atoms with van der Waals surface area (Å²) in [5.74, 6) is 0.192. The summed E-state index contributed by atoms with van der Waals surface area (Å²) in [4.78, 5) is 12.8. The van der Waals surface area contributed by atoms with Crippen molar-refractivity contribution in [3.8, 4) is 6.07 Å². The van der Waals surface area contributed by atoms with Crippen LogP contribution in [0.1, 0.15) is 43.9 Å². The highest BCUT2D eigenvalue weighted by Gasteiger charge is 2.44. The zero-order chi connectivity index (χ0) is 16.9. The summed E-state index contributed by atoms with van der Waals surface area (Å²) in [5, 5.41) is 13.8. The lowest BCUT2D eigenvalue weighted by Gasteiger charge is -2.37. The highest BCUT2D eigenvalue weighted by molar-refractivity contribution is 6.00. The van der Waals surface area contributed by atoms with Crippen LogP contribution in [0.15, 0.2) is 29.0 Å². The zero-order valence-corrected chi connectivity index (χ0v) is 13.8. The fourth-order valence-corrected chi connectivity index (χ4v) is 3.53. The van der Waals surface area contributed by atoms with E-state index in [1.807, 2.05) is 20.8 Å². The molecule has 6 nitrogen and oxygen atoms in total. The van der Waals surface area contributed by atoms with E-state index in [4.69, 9.17) is 10.5 Å². The normalized spacial score (nSPS) is 23.4. The van der Waals surface area contributed by atoms with Gasteiger partial charge in [-0.1, -0.05) is 13.8 Å². The van der Waals surface area contributed by atoms with E-state index < -0.39 is 5.92 Å². The molecule has 1 unspecified atom stereocenters. The van der Waals surface area contributed by atoms with Gasteiger partial charge in [0.25, 0.3) is 0 Å². The summed E-state index contributed by atoms with van der Waals surface area (Å²) in [7, 11) is 1.81. The van der Waals surface area contributed by atoms with Gasteiger partial charge in [0.2, 0.25) is 5.88 Å². The predicted octanol–water partition coefficient (Wildman–Crippen LogP) is 2.18. The first-order chi connectivity index (χ1) is 10.7. The molecule has 2 heterocycles. The number of nitrogens with two attached hydrogens (primary N) is 1. The maximum atomic E-state index is 12.8. The number of hydrogen-bond donors (Lipinski definition) is 1. The van der Waals surface area contributed by atoms with Gasteiger partial charge in [0.05, 0.1) is 17.8 Å². The maximum Gasteiger partial charge on any atom is 0.205 e. The van der Waals surface area contributed by atoms with Crippen molar-refractivity contribution >= 4 is 5.78 Å². The summed E-state index contributed by atoms with van der Waals surface area (Å²) in [6.07, 6.45) is 2.79. The van der Waals surface area contributed by atoms with Crippen LogP contribution in [0.3, 0.4) is 0 Å². The van der Waals surface area contributed by atoms with Crippen LogP contribution >= 0.6 is 0 Å². The molecule has 0 aromatic carbocycles. The van der Waals surface area contributed by atoms with Crippen LogP contribution < -0.4 is 5.73 Å². The molecular weight excluding hydrogens is 292 g/mol. The molecule has 6 heteroatoms. The lowest BCUT2D eigenvalue weighted by atomic mass is 9.71. The summed E-state index contributed by atoms with van der Waals surface area (Å²) < 4.78 is 7.37. The number of carbonyl (C=O) groups excluding carboxylic acids is 1. The summed E-state index contributed by atoms with van der Waals surface area (Å²) in [5.41, 5.74) is 8.39. The van der Waals surface area contributed by atoms with Crippen molar-refractivity contribution in [3.63, 3.8) is 0 Å². The van der Waals surface area contributed by atoms with Gasteiger partial charge in [-0.3, -0.25) is 9.48 Å². The van der Waals surface area contributed by atoms with E-state index in [0.29, 0.717) is 24.2 Å². The Hall–Kier alpha value is -2.55. The molecular formula is C17H20N4O2. The first-order valence-corrected chi connectivity index (χ1v) is 7.57. The Morgan fingerprint density at radius 3 is 2.74 bits per heavy atom. The Kier molecular flexibility index (Phi) is 3.33. The van der Waals surface area contributed by atoms with E-state index in [1.165, 1.54) is 0 Å². The Balaban J connectivity index is 2.24. The van der Waals surface area contributed by atoms with E-state index in [0.717, 1.165) is 11.3 Å². The molecule has 0 fully saturated rings. The molecule has 1 aromatic heterocycles. The standard InChI is InChI=1S/C17H20N4O2/c1-9-8-20-21(4)15(9)13-10(7-18)16(19)23-12-6-17(2,3)5-11(22)14(12)13/h8,13H,5-6,19H2,1-4H3. The minimum absolute atomic E-state index is 0.0158. The number of ether oxygens (including phenoxy) is 1. The first kappa shape index (κ1) is 15.3. The number of nitriles is 1. The van der Waals surface area contributed by atoms with Crippen molar-refractivity contribution < 1.29 is 9.53 Å². The van der Waals surface area contributed by atoms with Gasteiger partial charge in [0.1, 0.15) is 17.4 Å². The molecule has 1 aliphatic carbocycles. The van der Waals surface area contributed by atoms with Gasteiger partial charge in [0.15, 0.2) is 5.78 Å². The summed E-state index contributed by atoms with van der Waals surface area (Å²) >= 11 is 0. The number of aryl methyl sites for hydroxylation is 2. The second-order valence-electron chi connectivity index (χ2n) is 7.04. The van der Waals surface area contributed by atoms with E-state index in [1.54, 1.807) is 17.9 Å². The van der Waals surface area contributed by atoms with Gasteiger partial charge in [-0.15, -0.1) is 0 Å². The van der Waals surface area contributed by atoms with Gasteiger partial charge in [-0.05, 0) is 17.9 Å². The average molecular weight is 312 g/mol. The average Bonchev–Trinajstić information content (AvgIpc) is 2.75. The minimum atomic E-state index is -0.500. The summed E-state index contributed by atoms with van der Waals surface area (Å²) in [6, 6.07) is 2.12. The molecule has 3 rings (SSSR count). The van der Waals surface area contributed by atoms with Crippen molar-refractivity contribution in [2.24, 2.45) is 18.2 Å². The topological polar surface area (TPSA) is 93.9 Å². The molecule has 0 amide bonds. The SMILES string of the molecule is Cc1cnn(C)c1C1C(C#N)=C(N)OC2=C1C(=O)CC(C)(C)C2. The molecule has 23 heavy (non-hydrogen) atoms. The van der Waals surface area contributed by atoms with Crippen molar-refractivity contribution in [2.45, 2.75) is 39.5 Å². The van der Waals surface area contributed by atoms with E-state index in [2.05, 4.69) is 11.2 Å². The lowest BCUT2D eigenvalue weighted by Crippen LogP contribution is -2.34. The van der Waals surface area contributed by atoms with Crippen molar-refractivity contribution in [3.05, 3.63) is 40.2 Å². The summed E-state index contributed by atoms with van der Waals surface area (Å²) in [6.45, 7) is 5.98. The Morgan fingerprint density at radius 1 is 1.48 bits per heavy atom. The molecule has 1 atom stereocenters. The monoisotopic (exact) mass is 312 g/mol. The van der Waals surface area contributed by atoms with Crippen molar-refractivity contribution in [2.75, 3.05) is 0 Å². The van der Waals surface area contributed by atoms with Crippen LogP contribution in [-0.4, -0.2) is 15.6 Å². The largest absolute Gasteiger partial charge is 0.444 e. The van der Waals surface area contributed by atoms with Crippen LogP contribution in [0.5, 0.6) is 0 Å². The van der Waals surface area contributed by atoms with Crippen LogP contribution in [0, 0.1) is 23.7 Å². The molecule has 0 saturated heterocycles. The van der Waals surface area contributed by atoms with Gasteiger partial charge in [-0.2, -0.15) is 10.4 Å². The number of aromatic nitrogens is 2. The first-order valence-electron chi connectivity index (χ1n) is 7.57. The van der Waals surface area contributed by atoms with Crippen LogP contribution in [0.2, 0.25) is 0 Å². The molecule has 0 spiro atoms. The Morgan fingerprint density at radius 2 is 2.17 bits per heavy atom. The van der Waals surface area contributed by atoms with Crippen molar-refractivity contribution in [1.82, 2.24) is 9.78 Å². The number of carbonyl (C=O) groups is 1. The van der Waals surface area contributed by atoms with Gasteiger partial charge < -0.3 is 10.5 Å². The molecule has 0 bridgehead atoms. The van der Waals surface area contributed by atoms with Crippen LogP contribution in [-0.2, 0) is 16.6 Å². The van der Waals surface area contributed by atoms with E-state index in [9.17, 15) is 10.1 Å². The number of rotatable bonds is 1. The lowest BCUT2D eigenvalue weighted by molar-refractivity contribution is -0.119. The molecule has 1 aromatic rings. The molecule has 0 saturated carbocycles. The Labute approximate surface area is 135 Å². The quantitative estimate of drug-likeness (QED) is 0.857. The molecule has 0 radical (unpaired) electrons. The molecule has 1 aliphatic heterocycles. The fourth-order valence-electron chi connectivity index (χ4n) is 3.53. The smallest absolute Gasteiger partial charge is 0.205 e. The number of ketones is 1. The molecule has 2 N–H and O–H groups in total. The van der Waals surface area contributed by atoms with Gasteiger partial charge in [0, 0.05) is 25.5 Å². The Bertz CT molecular complexity index is 786. The van der Waals surface area contributed by atoms with Gasteiger partial charge in [-0.25, -0.2) is 0 Å². The minimum Gasteiger partial charge on any atom is -0.444 e. The number of allylic oxidation sites excluding steroid dienone is 3. The number of hydrogen-bond acceptors (Lipinski definition) is 5. The van der Waals surface area contributed by atoms with Crippen molar-refractivity contribution in [1.29, 1.82) is 5.26 Å². The predicted molar refractivity (Wildman–Crippen MR) is 83.6 cm³/mol. The number of nitrogens with zero attached hydrogens (tertiary/aromatic N) is 3. The fraction of sp³-hybridized carbons (Fsp3) is 0.471. The maximum absolute atomic E-state index is 12.8. The number of Topliss-reactive ketones (excluding diaryl/α,β-unsaturated/α-hetero) is 1. The highest BCUT2D eigenvalue weighted by atomic mass is 16.5. The third-order valence-electron chi connectivity index (χ3n) is 4.53. The molecule has 120 valence electrons. The zero-order valence-electron chi connectivity index (χ0n) is 13.8. The van der Waals surface area contributed by atoms with E-state index >= 15 is 0 Å².